The fraction of sp³-hybridized carbons (Fsp3) is 0.226. The fourth-order valence-corrected chi connectivity index (χ4v) is 10.3. The van der Waals surface area contributed by atoms with Crippen LogP contribution in [-0.4, -0.2) is 6.71 Å². The second-order valence-corrected chi connectivity index (χ2v) is 21.6. The molecule has 0 radical (unpaired) electrons. The summed E-state index contributed by atoms with van der Waals surface area (Å²) >= 11 is 0. The van der Waals surface area contributed by atoms with Crippen LogP contribution in [0, 0.1) is 13.8 Å². The van der Waals surface area contributed by atoms with Crippen molar-refractivity contribution in [1.82, 2.24) is 0 Å². The second-order valence-electron chi connectivity index (χ2n) is 21.6. The minimum Gasteiger partial charge on any atom is -0.311 e. The molecule has 66 heavy (non-hydrogen) atoms. The Morgan fingerprint density at radius 3 is 1.38 bits per heavy atom. The summed E-state index contributed by atoms with van der Waals surface area (Å²) in [6.45, 7) is 25.4. The third kappa shape index (κ3) is 7.41. The van der Waals surface area contributed by atoms with E-state index in [-0.39, 0.29) is 23.0 Å². The lowest BCUT2D eigenvalue weighted by Gasteiger charge is -2.46. The van der Waals surface area contributed by atoms with Gasteiger partial charge in [0.2, 0.25) is 0 Å². The number of fused-ring (bicyclic) bond motifs is 4. The lowest BCUT2D eigenvalue weighted by Crippen LogP contribution is -2.61. The van der Waals surface area contributed by atoms with Gasteiger partial charge in [0.1, 0.15) is 0 Å². The molecule has 0 aliphatic carbocycles. The summed E-state index contributed by atoms with van der Waals surface area (Å²) in [5, 5.41) is 0. The molecule has 2 aliphatic rings. The number of aryl methyl sites for hydroxylation is 2. The van der Waals surface area contributed by atoms with Crippen LogP contribution in [0.15, 0.2) is 176 Å². The first-order valence-corrected chi connectivity index (χ1v) is 23.7. The molecule has 0 saturated heterocycles. The third-order valence-corrected chi connectivity index (χ3v) is 14.0. The molecule has 8 aromatic carbocycles. The monoisotopic (exact) mass is 860 g/mol. The van der Waals surface area contributed by atoms with Gasteiger partial charge in [-0.15, -0.1) is 0 Å². The van der Waals surface area contributed by atoms with Crippen LogP contribution >= 0.6 is 0 Å². The number of rotatable bonds is 6. The summed E-state index contributed by atoms with van der Waals surface area (Å²) < 4.78 is 0. The number of anilines is 9. The zero-order chi connectivity index (χ0) is 46.3. The molecular formula is C62H62BN3. The van der Waals surface area contributed by atoms with Gasteiger partial charge >= 0.3 is 0 Å². The minimum atomic E-state index is -0.0536. The van der Waals surface area contributed by atoms with Gasteiger partial charge in [-0.05, 0) is 134 Å². The number of nitrogens with zero attached hydrogens (tertiary/aromatic N) is 3. The summed E-state index contributed by atoms with van der Waals surface area (Å²) in [4.78, 5) is 7.66. The van der Waals surface area contributed by atoms with E-state index >= 15 is 0 Å². The van der Waals surface area contributed by atoms with Crippen molar-refractivity contribution in [2.45, 2.75) is 92.4 Å². The van der Waals surface area contributed by atoms with Gasteiger partial charge in [-0.3, -0.25) is 0 Å². The lowest BCUT2D eigenvalue weighted by molar-refractivity contribution is 0.590. The Morgan fingerprint density at radius 1 is 0.394 bits per heavy atom. The molecule has 2 heterocycles. The van der Waals surface area contributed by atoms with Crippen molar-refractivity contribution in [2.75, 3.05) is 14.7 Å². The molecular weight excluding hydrogens is 798 g/mol. The van der Waals surface area contributed by atoms with Gasteiger partial charge in [-0.2, -0.15) is 0 Å². The van der Waals surface area contributed by atoms with Crippen LogP contribution < -0.4 is 31.1 Å². The van der Waals surface area contributed by atoms with E-state index in [4.69, 9.17) is 0 Å². The fourth-order valence-electron chi connectivity index (χ4n) is 10.3. The second kappa shape index (κ2) is 16.0. The topological polar surface area (TPSA) is 9.72 Å². The number of benzene rings is 8. The first-order chi connectivity index (χ1) is 31.5. The highest BCUT2D eigenvalue weighted by molar-refractivity contribution is 7.00. The first-order valence-electron chi connectivity index (χ1n) is 23.7. The highest BCUT2D eigenvalue weighted by Crippen LogP contribution is 2.50. The minimum absolute atomic E-state index is 0.0207. The van der Waals surface area contributed by atoms with E-state index in [1.807, 2.05) is 0 Å². The zero-order valence-electron chi connectivity index (χ0n) is 40.7. The maximum absolute atomic E-state index is 2.59. The highest BCUT2D eigenvalue weighted by atomic mass is 15.2. The van der Waals surface area contributed by atoms with Crippen molar-refractivity contribution in [3.05, 3.63) is 204 Å². The molecule has 0 aromatic heterocycles. The van der Waals surface area contributed by atoms with Crippen molar-refractivity contribution in [3.8, 4) is 11.1 Å². The predicted molar refractivity (Wildman–Crippen MR) is 286 cm³/mol. The quantitative estimate of drug-likeness (QED) is 0.154. The SMILES string of the molecule is Cc1ccccc1N(c1cc2c3c(c1)N(c1ccccc1-c1ccccc1)c1ccc(C(C)(C)C)cc1B3c1cc(C(C)(C)C)ccc1N2c1ccc(C(C)(C)C)cc1)c1ccccc1C. The van der Waals surface area contributed by atoms with Crippen LogP contribution in [0.2, 0.25) is 0 Å². The third-order valence-electron chi connectivity index (χ3n) is 14.0. The van der Waals surface area contributed by atoms with E-state index in [9.17, 15) is 0 Å². The molecule has 8 aromatic rings. The van der Waals surface area contributed by atoms with Crippen LogP contribution in [-0.2, 0) is 16.2 Å². The summed E-state index contributed by atoms with van der Waals surface area (Å²) in [5.74, 6) is 0. The maximum atomic E-state index is 2.59. The summed E-state index contributed by atoms with van der Waals surface area (Å²) in [5.41, 5.74) is 23.2. The molecule has 0 fully saturated rings. The Morgan fingerprint density at radius 2 is 0.848 bits per heavy atom. The van der Waals surface area contributed by atoms with Crippen molar-refractivity contribution in [1.29, 1.82) is 0 Å². The molecule has 0 atom stereocenters. The van der Waals surface area contributed by atoms with Crippen molar-refractivity contribution in [2.24, 2.45) is 0 Å². The Kier molecular flexibility index (Phi) is 10.4. The molecule has 4 heteroatoms. The van der Waals surface area contributed by atoms with E-state index in [0.29, 0.717) is 0 Å². The van der Waals surface area contributed by atoms with Gasteiger partial charge in [-0.25, -0.2) is 0 Å². The smallest absolute Gasteiger partial charge is 0.252 e. The molecule has 0 unspecified atom stereocenters. The molecule has 10 rings (SSSR count). The van der Waals surface area contributed by atoms with Crippen LogP contribution in [0.1, 0.15) is 90.1 Å². The summed E-state index contributed by atoms with van der Waals surface area (Å²) in [7, 11) is 0. The molecule has 3 nitrogen and oxygen atoms in total. The van der Waals surface area contributed by atoms with Crippen LogP contribution in [0.4, 0.5) is 51.2 Å². The molecule has 0 spiro atoms. The van der Waals surface area contributed by atoms with E-state index in [2.05, 4.69) is 267 Å². The van der Waals surface area contributed by atoms with E-state index < -0.39 is 0 Å². The molecule has 328 valence electrons. The molecule has 0 bridgehead atoms. The highest BCUT2D eigenvalue weighted by Gasteiger charge is 2.45. The summed E-state index contributed by atoms with van der Waals surface area (Å²) in [6, 6.07) is 66.5. The van der Waals surface area contributed by atoms with Gasteiger partial charge < -0.3 is 14.7 Å². The van der Waals surface area contributed by atoms with Gasteiger partial charge in [-0.1, -0.05) is 184 Å². The number of hydrogen-bond donors (Lipinski definition) is 0. The predicted octanol–water partition coefficient (Wildman–Crippen LogP) is 15.4. The average molecular weight is 860 g/mol. The van der Waals surface area contributed by atoms with E-state index in [0.717, 1.165) is 28.4 Å². The number of para-hydroxylation sites is 3. The Labute approximate surface area is 394 Å². The Bertz CT molecular complexity index is 3080. The number of hydrogen-bond acceptors (Lipinski definition) is 3. The molecule has 0 amide bonds. The normalized spacial score (nSPS) is 13.3. The zero-order valence-corrected chi connectivity index (χ0v) is 40.7. The summed E-state index contributed by atoms with van der Waals surface area (Å²) in [6.07, 6.45) is 0. The Balaban J connectivity index is 1.38. The average Bonchev–Trinajstić information content (AvgIpc) is 3.29. The van der Waals surface area contributed by atoms with Gasteiger partial charge in [0.15, 0.2) is 0 Å². The Hall–Kier alpha value is -6.78. The van der Waals surface area contributed by atoms with Gasteiger partial charge in [0, 0.05) is 45.4 Å². The molecule has 0 N–H and O–H groups in total. The first kappa shape index (κ1) is 43.1. The van der Waals surface area contributed by atoms with Crippen LogP contribution in [0.25, 0.3) is 11.1 Å². The lowest BCUT2D eigenvalue weighted by atomic mass is 9.33. The van der Waals surface area contributed by atoms with Crippen molar-refractivity contribution in [3.63, 3.8) is 0 Å². The maximum Gasteiger partial charge on any atom is 0.252 e. The van der Waals surface area contributed by atoms with Crippen molar-refractivity contribution >= 4 is 74.3 Å². The van der Waals surface area contributed by atoms with Crippen LogP contribution in [0.5, 0.6) is 0 Å². The van der Waals surface area contributed by atoms with Gasteiger partial charge in [0.05, 0.1) is 11.4 Å². The van der Waals surface area contributed by atoms with Gasteiger partial charge in [0.25, 0.3) is 6.71 Å². The van der Waals surface area contributed by atoms with E-state index in [1.54, 1.807) is 0 Å². The van der Waals surface area contributed by atoms with E-state index in [1.165, 1.54) is 78.1 Å². The molecule has 2 aliphatic heterocycles. The standard InChI is InChI=1S/C62H62BN3/c1-41-21-15-18-26-52(41)65(53-27-19-16-22-42(53)2)48-39-57-59-58(40-48)66(54-28-20-17-25-49(54)43-23-13-12-14-24-43)56-36-32-46(62(9,10)11)38-51(56)63(59)50-37-45(61(6,7)8)31-35-55(50)64(57)47-33-29-44(30-34-47)60(3,4)5/h12-40H,1-11H3. The molecule has 0 saturated carbocycles. The largest absolute Gasteiger partial charge is 0.311 e. The van der Waals surface area contributed by atoms with Crippen molar-refractivity contribution < 1.29 is 0 Å². The van der Waals surface area contributed by atoms with Crippen LogP contribution in [0.3, 0.4) is 0 Å².